The van der Waals surface area contributed by atoms with Crippen LogP contribution in [0.15, 0.2) is 58.1 Å². The van der Waals surface area contributed by atoms with Gasteiger partial charge in [0.2, 0.25) is 11.6 Å². The minimum atomic E-state index is -4.01. The van der Waals surface area contributed by atoms with Crippen LogP contribution < -0.4 is 30.2 Å². The van der Waals surface area contributed by atoms with Gasteiger partial charge in [0.05, 0.1) is 36.6 Å². The second kappa shape index (κ2) is 17.8. The average Bonchev–Trinajstić information content (AvgIpc) is 3.25. The number of rotatable bonds is 9. The molecular formula is C48H58N6O16S. The molecule has 0 unspecified atom stereocenters. The molecule has 0 aliphatic heterocycles. The Balaban J connectivity index is 0.000000209. The summed E-state index contributed by atoms with van der Waals surface area (Å²) in [6, 6.07) is 4.28. The lowest BCUT2D eigenvalue weighted by atomic mass is 9.57. The first-order chi connectivity index (χ1) is 32.9. The van der Waals surface area contributed by atoms with Crippen LogP contribution in [0, 0.1) is 23.7 Å². The van der Waals surface area contributed by atoms with Crippen molar-refractivity contribution in [2.45, 2.75) is 49.0 Å². The van der Waals surface area contributed by atoms with Crippen LogP contribution in [-0.2, 0) is 51.7 Å². The molecule has 22 nitrogen and oxygen atoms in total. The first-order valence-corrected chi connectivity index (χ1v) is 24.1. The Hall–Kier alpha value is -6.79. The number of likely N-dealkylation sites (N-methyl/N-ethyl adjacent to an activating group) is 2. The molecule has 0 bridgehead atoms. The molecule has 71 heavy (non-hydrogen) atoms. The van der Waals surface area contributed by atoms with Crippen molar-refractivity contribution in [3.8, 4) is 11.5 Å². The minimum Gasteiger partial charge on any atom is -0.508 e. The molecule has 2 aromatic carbocycles. The number of methoxy groups -OCH3 is 1. The molecule has 382 valence electrons. The number of carbonyl (C=O) groups is 6. The zero-order valence-corrected chi connectivity index (χ0v) is 41.5. The van der Waals surface area contributed by atoms with E-state index in [1.165, 1.54) is 37.1 Å². The molecule has 23 heteroatoms. The molecule has 6 aliphatic rings. The van der Waals surface area contributed by atoms with Crippen molar-refractivity contribution in [1.29, 1.82) is 0 Å². The van der Waals surface area contributed by atoms with Crippen LogP contribution in [0.2, 0.25) is 0 Å². The predicted octanol–water partition coefficient (Wildman–Crippen LogP) is -0.00420. The van der Waals surface area contributed by atoms with Gasteiger partial charge in [0.25, 0.3) is 11.8 Å². The number of fused-ring (bicyclic) bond motifs is 6. The molecule has 2 aromatic rings. The highest BCUT2D eigenvalue weighted by Gasteiger charge is 2.66. The number of benzene rings is 2. The summed E-state index contributed by atoms with van der Waals surface area (Å²) < 4.78 is 34.4. The van der Waals surface area contributed by atoms with Gasteiger partial charge in [-0.05, 0) is 101 Å². The number of hydrogen-bond donors (Lipinski definition) is 8. The van der Waals surface area contributed by atoms with Gasteiger partial charge in [0, 0.05) is 62.5 Å². The summed E-state index contributed by atoms with van der Waals surface area (Å²) >= 11 is 0. The van der Waals surface area contributed by atoms with E-state index in [1.807, 2.05) is 25.1 Å². The minimum absolute atomic E-state index is 0.0181. The summed E-state index contributed by atoms with van der Waals surface area (Å²) in [6.07, 6.45) is 1.41. The second-order valence-corrected chi connectivity index (χ2v) is 21.2. The van der Waals surface area contributed by atoms with Gasteiger partial charge >= 0.3 is 10.1 Å². The molecule has 0 heterocycles. The number of aliphatic hydroxyl groups is 6. The highest BCUT2D eigenvalue weighted by atomic mass is 32.2. The highest BCUT2D eigenvalue weighted by Crippen LogP contribution is 2.56. The van der Waals surface area contributed by atoms with Crippen molar-refractivity contribution in [3.63, 3.8) is 0 Å². The van der Waals surface area contributed by atoms with Gasteiger partial charge in [-0.15, -0.1) is 0 Å². The number of Topliss-reactive ketones (excluding diaryl/α,β-unsaturated/α-hetero) is 4. The molecule has 8 rings (SSSR count). The number of nitrogens with zero attached hydrogens (tertiary/aromatic N) is 4. The van der Waals surface area contributed by atoms with E-state index in [9.17, 15) is 67.8 Å². The van der Waals surface area contributed by atoms with Crippen molar-refractivity contribution >= 4 is 68.0 Å². The smallest absolute Gasteiger partial charge is 0.306 e. The molecule has 0 saturated heterocycles. The maximum atomic E-state index is 13.9. The molecule has 8 atom stereocenters. The van der Waals surface area contributed by atoms with Crippen LogP contribution in [0.3, 0.4) is 0 Å². The van der Waals surface area contributed by atoms with E-state index in [0.29, 0.717) is 29.0 Å². The summed E-state index contributed by atoms with van der Waals surface area (Å²) in [5.74, 6) is -12.6. The number of primary amides is 2. The van der Waals surface area contributed by atoms with Gasteiger partial charge in [-0.1, -0.05) is 0 Å². The second-order valence-electron chi connectivity index (χ2n) is 19.6. The van der Waals surface area contributed by atoms with E-state index in [2.05, 4.69) is 0 Å². The molecule has 2 amide bonds. The fourth-order valence-electron chi connectivity index (χ4n) is 11.7. The Kier molecular flexibility index (Phi) is 13.1. The van der Waals surface area contributed by atoms with Crippen molar-refractivity contribution in [3.05, 3.63) is 80.3 Å². The third kappa shape index (κ3) is 7.80. The van der Waals surface area contributed by atoms with Crippen LogP contribution in [0.1, 0.15) is 35.1 Å². The number of ether oxygens (including phenoxy) is 1. The number of amides is 2. The van der Waals surface area contributed by atoms with Gasteiger partial charge < -0.3 is 60.8 Å². The van der Waals surface area contributed by atoms with E-state index in [-0.39, 0.29) is 47.5 Å². The Bertz CT molecular complexity index is 2990. The van der Waals surface area contributed by atoms with Crippen molar-refractivity contribution in [1.82, 2.24) is 9.80 Å². The summed E-state index contributed by atoms with van der Waals surface area (Å²) in [5, 5.41) is 67.7. The first kappa shape index (κ1) is 52.0. The van der Waals surface area contributed by atoms with Crippen molar-refractivity contribution in [2.24, 2.45) is 35.1 Å². The standard InChI is InChI=1S/C24H29N3O9S.C24H29N3O7/c1-26(2)13-6-7-14(36-37(5,34)35)16-11(13)8-10-9-12-18(27(3)4)20(29)17(23(25)32)22(31)24(12,33)21(30)15(10)19(16)28;1-26(2)13-6-7-14(34-5)16-11(13)8-10-9-12-18(27(3)4)20(29)17(23(25)32)22(31)24(12,33)21(30)15(10)19(16)28/h6-7,10,12,18,28,31,33H,8-9H2,1-5H3,(H2,25,32);6-7,10,12,18,28,31,33H,8-9H2,1-5H3,(H2,25,32)/t2*10-,12-,18-,24-/m00/s1. The average molecular weight is 1010 g/mol. The van der Waals surface area contributed by atoms with Crippen LogP contribution in [0.4, 0.5) is 11.4 Å². The maximum Gasteiger partial charge on any atom is 0.306 e. The number of hydrogen-bond acceptors (Lipinski definition) is 20. The van der Waals surface area contributed by atoms with Gasteiger partial charge in [-0.25, -0.2) is 0 Å². The number of anilines is 2. The lowest BCUT2D eigenvalue weighted by molar-refractivity contribution is -0.155. The van der Waals surface area contributed by atoms with Crippen LogP contribution >= 0.6 is 0 Å². The third-order valence-electron chi connectivity index (χ3n) is 14.6. The lowest BCUT2D eigenvalue weighted by Crippen LogP contribution is -2.65. The Morgan fingerprint density at radius 2 is 0.986 bits per heavy atom. The zero-order chi connectivity index (χ0) is 53.0. The van der Waals surface area contributed by atoms with Crippen LogP contribution in [-0.4, -0.2) is 177 Å². The Morgan fingerprint density at radius 1 is 0.634 bits per heavy atom. The Labute approximate surface area is 408 Å². The fraction of sp³-hybridized carbons (Fsp3) is 0.458. The number of nitrogens with two attached hydrogens (primary N) is 2. The van der Waals surface area contributed by atoms with E-state index in [4.69, 9.17) is 20.4 Å². The molecular weight excluding hydrogens is 949 g/mol. The van der Waals surface area contributed by atoms with E-state index in [0.717, 1.165) is 17.5 Å². The summed E-state index contributed by atoms with van der Waals surface area (Å²) in [4.78, 5) is 84.6. The zero-order valence-electron chi connectivity index (χ0n) is 40.7. The summed E-state index contributed by atoms with van der Waals surface area (Å²) in [7, 11) is 10.9. The fourth-order valence-corrected chi connectivity index (χ4v) is 12.1. The normalized spacial score (nSPS) is 28.0. The largest absolute Gasteiger partial charge is 0.508 e. The van der Waals surface area contributed by atoms with E-state index in [1.54, 1.807) is 45.2 Å². The SMILES string of the molecule is CN(C)c1ccc(OS(C)(=O)=O)c2c1C[C@H]1C[C@H]3[C@H](N(C)C)C(=O)C(C(N)=O)=C(O)[C@@]3(O)C(=O)C1=C2O.COc1ccc(N(C)C)c2c1C(O)=C1C(=O)[C@]3(O)C(O)=C(C(N)=O)C(=O)[C@@H](N(C)C)[C@@H]3C[C@@H]1C2. The molecule has 0 aromatic heterocycles. The molecule has 0 radical (unpaired) electrons. The van der Waals surface area contributed by atoms with Gasteiger partial charge in [0.15, 0.2) is 28.5 Å². The summed E-state index contributed by atoms with van der Waals surface area (Å²) in [6.45, 7) is 0. The van der Waals surface area contributed by atoms with E-state index >= 15 is 0 Å². The molecule has 0 spiro atoms. The number of carbonyl (C=O) groups excluding carboxylic acids is 6. The number of aliphatic hydroxyl groups excluding tert-OH is 4. The van der Waals surface area contributed by atoms with Gasteiger partial charge in [-0.2, -0.15) is 8.42 Å². The topological polar surface area (TPSA) is 341 Å². The van der Waals surface area contributed by atoms with Gasteiger partial charge in [0.1, 0.15) is 39.9 Å². The lowest BCUT2D eigenvalue weighted by Gasteiger charge is -2.50. The maximum absolute atomic E-state index is 13.9. The van der Waals surface area contributed by atoms with Crippen molar-refractivity contribution in [2.75, 3.05) is 79.5 Å². The predicted molar refractivity (Wildman–Crippen MR) is 256 cm³/mol. The molecule has 10 N–H and O–H groups in total. The highest BCUT2D eigenvalue weighted by molar-refractivity contribution is 7.86. The quantitative estimate of drug-likeness (QED) is 0.121. The van der Waals surface area contributed by atoms with Crippen molar-refractivity contribution < 1.29 is 76.7 Å². The molecule has 6 aliphatic carbocycles. The van der Waals surface area contributed by atoms with Crippen LogP contribution in [0.25, 0.3) is 11.5 Å². The number of ketones is 4. The van der Waals surface area contributed by atoms with E-state index < -0.39 is 120 Å². The monoisotopic (exact) mass is 1010 g/mol. The molecule has 2 fully saturated rings. The Morgan fingerprint density at radius 3 is 1.30 bits per heavy atom. The summed E-state index contributed by atoms with van der Waals surface area (Å²) in [5.41, 5.74) is 6.41. The first-order valence-electron chi connectivity index (χ1n) is 22.3. The van der Waals surface area contributed by atoms with Crippen LogP contribution in [0.5, 0.6) is 11.5 Å². The van der Waals surface area contributed by atoms with Gasteiger partial charge in [-0.3, -0.25) is 38.6 Å². The molecule has 2 saturated carbocycles. The third-order valence-corrected chi connectivity index (χ3v) is 15.0.